The number of nitrogens with zero attached hydrogens (tertiary/aromatic N) is 2. The summed E-state index contributed by atoms with van der Waals surface area (Å²) in [5.41, 5.74) is 5.73. The van der Waals surface area contributed by atoms with Gasteiger partial charge in [0.2, 0.25) is 0 Å². The van der Waals surface area contributed by atoms with Gasteiger partial charge in [-0.3, -0.25) is 4.79 Å². The summed E-state index contributed by atoms with van der Waals surface area (Å²) in [6.45, 7) is 2.78. The van der Waals surface area contributed by atoms with Crippen LogP contribution < -0.4 is 4.83 Å². The maximum Gasteiger partial charge on any atom is 0.276 e. The number of benzene rings is 2. The number of fused-ring (bicyclic) bond motifs is 4. The molecule has 2 heterocycles. The van der Waals surface area contributed by atoms with Gasteiger partial charge in [-0.05, 0) is 49.4 Å². The number of Topliss-reactive ketones (excluding diaryl/α,β-unsaturated/α-hetero) is 1. The fourth-order valence-corrected chi connectivity index (χ4v) is 5.74. The molecule has 3 aliphatic rings. The number of aryl methyl sites for hydroxylation is 1. The first-order valence-electron chi connectivity index (χ1n) is 10.7. The van der Waals surface area contributed by atoms with E-state index in [0.717, 1.165) is 37.1 Å². The Kier molecular flexibility index (Phi) is 4.93. The number of hydrogen-bond donors (Lipinski definition) is 1. The summed E-state index contributed by atoms with van der Waals surface area (Å²) in [5, 5.41) is 4.33. The summed E-state index contributed by atoms with van der Waals surface area (Å²) in [6.07, 6.45) is 3.59. The van der Waals surface area contributed by atoms with E-state index in [1.807, 2.05) is 13.0 Å². The molecule has 2 aliphatic heterocycles. The predicted molar refractivity (Wildman–Crippen MR) is 119 cm³/mol. The molecule has 2 aromatic carbocycles. The quantitative estimate of drug-likeness (QED) is 0.747. The lowest BCUT2D eigenvalue weighted by atomic mass is 9.79. The molecule has 0 fully saturated rings. The van der Waals surface area contributed by atoms with Crippen molar-refractivity contribution in [2.75, 3.05) is 6.54 Å². The van der Waals surface area contributed by atoms with Crippen LogP contribution in [0.5, 0.6) is 0 Å². The van der Waals surface area contributed by atoms with E-state index in [1.54, 1.807) is 24.3 Å². The zero-order chi connectivity index (χ0) is 21.6. The second-order valence-corrected chi connectivity index (χ2v) is 10.1. The third kappa shape index (κ3) is 3.57. The number of hydrogen-bond acceptors (Lipinski definition) is 5. The minimum atomic E-state index is -3.81. The Bertz CT molecular complexity index is 1210. The molecule has 0 saturated carbocycles. The summed E-state index contributed by atoms with van der Waals surface area (Å²) in [4.78, 5) is 17.7. The first kappa shape index (κ1) is 20.0. The van der Waals surface area contributed by atoms with Crippen LogP contribution in [0.4, 0.5) is 0 Å². The van der Waals surface area contributed by atoms with Crippen LogP contribution in [0.1, 0.15) is 48.4 Å². The van der Waals surface area contributed by atoms with Crippen LogP contribution in [0.15, 0.2) is 69.8 Å². The number of nitrogens with one attached hydrogen (secondary N) is 1. The molecule has 5 rings (SSSR count). The smallest absolute Gasteiger partial charge is 0.276 e. The average molecular weight is 436 g/mol. The molecule has 1 unspecified atom stereocenters. The van der Waals surface area contributed by atoms with Crippen LogP contribution in [-0.4, -0.2) is 31.4 Å². The van der Waals surface area contributed by atoms with Crippen molar-refractivity contribution in [1.29, 1.82) is 0 Å². The Morgan fingerprint density at radius 3 is 2.61 bits per heavy atom. The molecule has 0 radical (unpaired) electrons. The highest BCUT2D eigenvalue weighted by atomic mass is 32.2. The summed E-state index contributed by atoms with van der Waals surface area (Å²) in [5.74, 6) is 0.0619. The van der Waals surface area contributed by atoms with Crippen molar-refractivity contribution in [1.82, 2.24) is 9.73 Å². The van der Waals surface area contributed by atoms with Crippen molar-refractivity contribution >= 4 is 21.5 Å². The fourth-order valence-electron chi connectivity index (χ4n) is 4.91. The molecule has 1 aliphatic carbocycles. The van der Waals surface area contributed by atoms with E-state index in [0.29, 0.717) is 24.1 Å². The number of ketones is 1. The van der Waals surface area contributed by atoms with Gasteiger partial charge >= 0.3 is 0 Å². The number of carbonyl (C=O) groups excluding carboxylic acids is 1. The minimum absolute atomic E-state index is 0.0619. The Balaban J connectivity index is 1.54. The Hall–Kier alpha value is -2.93. The molecule has 31 heavy (non-hydrogen) atoms. The maximum absolute atomic E-state index is 12.8. The van der Waals surface area contributed by atoms with E-state index in [2.05, 4.69) is 33.0 Å². The topological polar surface area (TPSA) is 78.8 Å². The van der Waals surface area contributed by atoms with E-state index in [4.69, 9.17) is 0 Å². The van der Waals surface area contributed by atoms with Gasteiger partial charge in [0.25, 0.3) is 10.0 Å². The zero-order valence-corrected chi connectivity index (χ0v) is 18.3. The Morgan fingerprint density at radius 2 is 1.81 bits per heavy atom. The molecular weight excluding hydrogens is 410 g/mol. The van der Waals surface area contributed by atoms with Crippen LogP contribution in [-0.2, 0) is 21.2 Å². The van der Waals surface area contributed by atoms with Gasteiger partial charge in [0.15, 0.2) is 5.78 Å². The van der Waals surface area contributed by atoms with Gasteiger partial charge in [-0.15, -0.1) is 0 Å². The molecule has 160 valence electrons. The molecule has 6 nitrogen and oxygen atoms in total. The number of hydrazone groups is 1. The largest absolute Gasteiger partial charge is 0.366 e. The van der Waals surface area contributed by atoms with Gasteiger partial charge in [-0.25, -0.2) is 0 Å². The third-order valence-corrected chi connectivity index (χ3v) is 7.68. The average Bonchev–Trinajstić information content (AvgIpc) is 2.77. The van der Waals surface area contributed by atoms with Crippen LogP contribution in [0.3, 0.4) is 0 Å². The molecule has 0 aromatic heterocycles. The van der Waals surface area contributed by atoms with E-state index in [1.165, 1.54) is 11.1 Å². The second-order valence-electron chi connectivity index (χ2n) is 8.43. The normalized spacial score (nSPS) is 22.1. The Morgan fingerprint density at radius 1 is 1.03 bits per heavy atom. The zero-order valence-electron chi connectivity index (χ0n) is 17.5. The van der Waals surface area contributed by atoms with Gasteiger partial charge in [0.1, 0.15) is 0 Å². The first-order chi connectivity index (χ1) is 14.9. The molecule has 1 N–H and O–H groups in total. The molecule has 0 bridgehead atoms. The first-order valence-corrected chi connectivity index (χ1v) is 12.2. The highest BCUT2D eigenvalue weighted by molar-refractivity contribution is 7.89. The van der Waals surface area contributed by atoms with Crippen molar-refractivity contribution in [3.63, 3.8) is 0 Å². The van der Waals surface area contributed by atoms with Gasteiger partial charge in [0, 0.05) is 25.1 Å². The van der Waals surface area contributed by atoms with Gasteiger partial charge in [0.05, 0.1) is 22.2 Å². The maximum atomic E-state index is 12.8. The van der Waals surface area contributed by atoms with Crippen molar-refractivity contribution in [2.24, 2.45) is 5.10 Å². The Labute approximate surface area is 182 Å². The summed E-state index contributed by atoms with van der Waals surface area (Å²) < 4.78 is 25.6. The van der Waals surface area contributed by atoms with E-state index >= 15 is 0 Å². The highest BCUT2D eigenvalue weighted by Crippen LogP contribution is 2.43. The summed E-state index contributed by atoms with van der Waals surface area (Å²) in [7, 11) is -3.81. The molecule has 1 atom stereocenters. The van der Waals surface area contributed by atoms with Crippen LogP contribution >= 0.6 is 0 Å². The molecule has 7 heteroatoms. The number of carbonyl (C=O) groups is 1. The van der Waals surface area contributed by atoms with E-state index in [9.17, 15) is 13.2 Å². The highest BCUT2D eigenvalue weighted by Gasteiger charge is 2.40. The van der Waals surface area contributed by atoms with Gasteiger partial charge < -0.3 is 4.90 Å². The number of allylic oxidation sites excluding steroid dienone is 2. The molecule has 0 amide bonds. The molecule has 2 aromatic rings. The minimum Gasteiger partial charge on any atom is -0.366 e. The lowest BCUT2D eigenvalue weighted by Crippen LogP contribution is -2.43. The van der Waals surface area contributed by atoms with Crippen molar-refractivity contribution in [3.05, 3.63) is 76.5 Å². The van der Waals surface area contributed by atoms with Gasteiger partial charge in [-0.1, -0.05) is 42.0 Å². The monoisotopic (exact) mass is 435 g/mol. The molecular formula is C24H25N3O3S. The predicted octanol–water partition coefficient (Wildman–Crippen LogP) is 3.64. The fraction of sp³-hybridized carbons (Fsp3) is 0.333. The summed E-state index contributed by atoms with van der Waals surface area (Å²) in [6, 6.07) is 15.1. The lowest BCUT2D eigenvalue weighted by molar-refractivity contribution is -0.115. The standard InChI is InChI=1S/C24H25N3O3S/c1-16-9-11-18(12-10-16)31(29,30)26-25-20-15-22-19-6-3-2-5-17(19)13-14-27(22)21-7-4-8-23(28)24(20)21/h2-3,5-6,9-12,22,26H,4,7-8,13-15H2,1H3. The SMILES string of the molecule is Cc1ccc(S(=O)(=O)NN=C2CC3c4ccccc4CCN3C3=C2C(=O)CCC3)cc1. The molecule has 0 spiro atoms. The second kappa shape index (κ2) is 7.64. The number of sulfonamides is 1. The lowest BCUT2D eigenvalue weighted by Gasteiger charge is -2.45. The summed E-state index contributed by atoms with van der Waals surface area (Å²) >= 11 is 0. The van der Waals surface area contributed by atoms with Crippen molar-refractivity contribution < 1.29 is 13.2 Å². The van der Waals surface area contributed by atoms with Crippen molar-refractivity contribution in [2.45, 2.75) is 50.0 Å². The van der Waals surface area contributed by atoms with Crippen molar-refractivity contribution in [3.8, 4) is 0 Å². The van der Waals surface area contributed by atoms with Crippen LogP contribution in [0.2, 0.25) is 0 Å². The number of rotatable bonds is 3. The van der Waals surface area contributed by atoms with E-state index in [-0.39, 0.29) is 16.7 Å². The third-order valence-electron chi connectivity index (χ3n) is 6.45. The van der Waals surface area contributed by atoms with Crippen LogP contribution in [0.25, 0.3) is 0 Å². The molecule has 0 saturated heterocycles. The van der Waals surface area contributed by atoms with Gasteiger partial charge in [-0.2, -0.15) is 18.4 Å². The van der Waals surface area contributed by atoms with E-state index < -0.39 is 10.0 Å². The van der Waals surface area contributed by atoms with Crippen LogP contribution in [0, 0.1) is 6.92 Å².